The number of hydrogen-bond acceptors (Lipinski definition) is 4. The van der Waals surface area contributed by atoms with Crippen LogP contribution in [0.2, 0.25) is 0 Å². The third-order valence-electron chi connectivity index (χ3n) is 5.22. The van der Waals surface area contributed by atoms with E-state index in [-0.39, 0.29) is 11.8 Å². The smallest absolute Gasteiger partial charge is 0.236 e. The molecule has 1 aliphatic heterocycles. The SMILES string of the molecule is Cn1nccc1CCC(=O)N1CCN(CCc2ccccc2)[C@@H](C(N)=O)C1. The summed E-state index contributed by atoms with van der Waals surface area (Å²) in [5.41, 5.74) is 7.89. The van der Waals surface area contributed by atoms with Gasteiger partial charge >= 0.3 is 0 Å². The Morgan fingerprint density at radius 3 is 2.59 bits per heavy atom. The van der Waals surface area contributed by atoms with Gasteiger partial charge in [0.25, 0.3) is 0 Å². The van der Waals surface area contributed by atoms with Gasteiger partial charge in [-0.05, 0) is 24.5 Å². The first kappa shape index (κ1) is 19.1. The molecule has 0 spiro atoms. The van der Waals surface area contributed by atoms with Gasteiger partial charge in [-0.25, -0.2) is 0 Å². The summed E-state index contributed by atoms with van der Waals surface area (Å²) in [5, 5.41) is 4.12. The Morgan fingerprint density at radius 1 is 1.15 bits per heavy atom. The molecule has 27 heavy (non-hydrogen) atoms. The maximum Gasteiger partial charge on any atom is 0.236 e. The average molecular weight is 369 g/mol. The summed E-state index contributed by atoms with van der Waals surface area (Å²) in [6.45, 7) is 2.42. The lowest BCUT2D eigenvalue weighted by Gasteiger charge is -2.40. The van der Waals surface area contributed by atoms with Gasteiger partial charge in [-0.3, -0.25) is 19.2 Å². The minimum atomic E-state index is -0.428. The first-order chi connectivity index (χ1) is 13.0. The molecule has 7 heteroatoms. The molecule has 2 heterocycles. The van der Waals surface area contributed by atoms with Crippen LogP contribution < -0.4 is 5.73 Å². The van der Waals surface area contributed by atoms with Gasteiger partial charge < -0.3 is 10.6 Å². The molecule has 0 saturated carbocycles. The lowest BCUT2D eigenvalue weighted by molar-refractivity contribution is -0.137. The lowest BCUT2D eigenvalue weighted by atomic mass is 10.1. The van der Waals surface area contributed by atoms with E-state index < -0.39 is 6.04 Å². The molecule has 2 amide bonds. The number of aryl methyl sites for hydroxylation is 2. The van der Waals surface area contributed by atoms with Crippen molar-refractivity contribution >= 4 is 11.8 Å². The van der Waals surface area contributed by atoms with Gasteiger partial charge in [0, 0.05) is 51.5 Å². The van der Waals surface area contributed by atoms with Gasteiger partial charge in [-0.15, -0.1) is 0 Å². The Labute approximate surface area is 159 Å². The maximum atomic E-state index is 12.6. The maximum absolute atomic E-state index is 12.6. The van der Waals surface area contributed by atoms with Crippen molar-refractivity contribution in [1.82, 2.24) is 19.6 Å². The molecule has 2 aromatic rings. The summed E-state index contributed by atoms with van der Waals surface area (Å²) in [6, 6.07) is 11.7. The van der Waals surface area contributed by atoms with E-state index in [9.17, 15) is 9.59 Å². The zero-order valence-corrected chi connectivity index (χ0v) is 15.8. The summed E-state index contributed by atoms with van der Waals surface area (Å²) < 4.78 is 1.78. The molecule has 1 fully saturated rings. The van der Waals surface area contributed by atoms with Gasteiger partial charge in [-0.1, -0.05) is 30.3 Å². The number of hydrogen-bond donors (Lipinski definition) is 1. The van der Waals surface area contributed by atoms with Gasteiger partial charge in [0.1, 0.15) is 6.04 Å². The molecule has 1 aromatic heterocycles. The van der Waals surface area contributed by atoms with Crippen LogP contribution in [-0.4, -0.2) is 63.6 Å². The molecule has 2 N–H and O–H groups in total. The number of nitrogens with two attached hydrogens (primary N) is 1. The Hall–Kier alpha value is -2.67. The van der Waals surface area contributed by atoms with Crippen LogP contribution >= 0.6 is 0 Å². The largest absolute Gasteiger partial charge is 0.368 e. The third-order valence-corrected chi connectivity index (χ3v) is 5.22. The number of piperazine rings is 1. The summed E-state index contributed by atoms with van der Waals surface area (Å²) in [6.07, 6.45) is 3.65. The molecule has 0 bridgehead atoms. The number of carbonyl (C=O) groups is 2. The topological polar surface area (TPSA) is 84.5 Å². The molecule has 1 aromatic carbocycles. The van der Waals surface area contributed by atoms with E-state index in [1.165, 1.54) is 5.56 Å². The van der Waals surface area contributed by atoms with Crippen molar-refractivity contribution in [1.29, 1.82) is 0 Å². The highest BCUT2D eigenvalue weighted by Gasteiger charge is 2.32. The second-order valence-electron chi connectivity index (χ2n) is 6.98. The molecule has 0 unspecified atom stereocenters. The summed E-state index contributed by atoms with van der Waals surface area (Å²) in [5.74, 6) is -0.308. The first-order valence-corrected chi connectivity index (χ1v) is 9.36. The van der Waals surface area contributed by atoms with E-state index in [1.807, 2.05) is 31.3 Å². The highest BCUT2D eigenvalue weighted by atomic mass is 16.2. The van der Waals surface area contributed by atoms with Crippen molar-refractivity contribution in [2.45, 2.75) is 25.3 Å². The third kappa shape index (κ3) is 4.95. The number of carbonyl (C=O) groups excluding carboxylic acids is 2. The minimum Gasteiger partial charge on any atom is -0.368 e. The summed E-state index contributed by atoms with van der Waals surface area (Å²) in [4.78, 5) is 28.4. The first-order valence-electron chi connectivity index (χ1n) is 9.36. The van der Waals surface area contributed by atoms with E-state index in [1.54, 1.807) is 15.8 Å². The Balaban J connectivity index is 1.54. The summed E-state index contributed by atoms with van der Waals surface area (Å²) >= 11 is 0. The van der Waals surface area contributed by atoms with Gasteiger partial charge in [0.05, 0.1) is 0 Å². The quantitative estimate of drug-likeness (QED) is 0.774. The number of nitrogens with zero attached hydrogens (tertiary/aromatic N) is 4. The van der Waals surface area contributed by atoms with E-state index in [0.29, 0.717) is 32.5 Å². The van der Waals surface area contributed by atoms with Crippen LogP contribution in [0, 0.1) is 0 Å². The van der Waals surface area contributed by atoms with Crippen molar-refractivity contribution in [2.24, 2.45) is 12.8 Å². The molecule has 1 saturated heterocycles. The van der Waals surface area contributed by atoms with Gasteiger partial charge in [0.15, 0.2) is 0 Å². The predicted octanol–water partition coefficient (Wildman–Crippen LogP) is 0.594. The second kappa shape index (κ2) is 8.81. The highest BCUT2D eigenvalue weighted by Crippen LogP contribution is 2.14. The van der Waals surface area contributed by atoms with E-state index >= 15 is 0 Å². The fourth-order valence-corrected chi connectivity index (χ4v) is 3.54. The number of rotatable bonds is 7. The molecular formula is C20H27N5O2. The fourth-order valence-electron chi connectivity index (χ4n) is 3.54. The lowest BCUT2D eigenvalue weighted by Crippen LogP contribution is -2.59. The molecule has 0 radical (unpaired) electrons. The van der Waals surface area contributed by atoms with Crippen LogP contribution in [0.3, 0.4) is 0 Å². The molecule has 0 aliphatic carbocycles. The number of amides is 2. The van der Waals surface area contributed by atoms with Gasteiger partial charge in [0.2, 0.25) is 11.8 Å². The van der Waals surface area contributed by atoms with Crippen LogP contribution in [0.25, 0.3) is 0 Å². The number of primary amides is 1. The van der Waals surface area contributed by atoms with E-state index in [2.05, 4.69) is 22.1 Å². The fraction of sp³-hybridized carbons (Fsp3) is 0.450. The van der Waals surface area contributed by atoms with Crippen LogP contribution in [-0.2, 0) is 29.5 Å². The predicted molar refractivity (Wildman–Crippen MR) is 103 cm³/mol. The van der Waals surface area contributed by atoms with Crippen molar-refractivity contribution in [3.8, 4) is 0 Å². The summed E-state index contributed by atoms with van der Waals surface area (Å²) in [7, 11) is 1.87. The zero-order valence-electron chi connectivity index (χ0n) is 15.8. The highest BCUT2D eigenvalue weighted by molar-refractivity contribution is 5.82. The standard InChI is InChI=1S/C20H27N5O2/c1-23-17(9-11-22-23)7-8-19(26)25-14-13-24(18(15-25)20(21)27)12-10-16-5-3-2-4-6-16/h2-6,9,11,18H,7-8,10,12-15H2,1H3,(H2,21,27)/t18-/m1/s1. The Kier molecular flexibility index (Phi) is 6.24. The minimum absolute atomic E-state index is 0.0603. The number of benzene rings is 1. The van der Waals surface area contributed by atoms with Crippen molar-refractivity contribution in [2.75, 3.05) is 26.2 Å². The molecule has 144 valence electrons. The average Bonchev–Trinajstić information content (AvgIpc) is 3.10. The van der Waals surface area contributed by atoms with Crippen molar-refractivity contribution in [3.05, 3.63) is 53.9 Å². The molecule has 3 rings (SSSR count). The van der Waals surface area contributed by atoms with Crippen LogP contribution in [0.4, 0.5) is 0 Å². The normalized spacial score (nSPS) is 17.8. The van der Waals surface area contributed by atoms with Gasteiger partial charge in [-0.2, -0.15) is 5.10 Å². The second-order valence-corrected chi connectivity index (χ2v) is 6.98. The van der Waals surface area contributed by atoms with Crippen molar-refractivity contribution in [3.63, 3.8) is 0 Å². The van der Waals surface area contributed by atoms with E-state index in [4.69, 9.17) is 5.73 Å². The van der Waals surface area contributed by atoms with Crippen LogP contribution in [0.15, 0.2) is 42.6 Å². The van der Waals surface area contributed by atoms with E-state index in [0.717, 1.165) is 18.7 Å². The molecular weight excluding hydrogens is 342 g/mol. The molecule has 7 nitrogen and oxygen atoms in total. The van der Waals surface area contributed by atoms with Crippen LogP contribution in [0.1, 0.15) is 17.7 Å². The Bertz CT molecular complexity index is 774. The molecule has 1 aliphatic rings. The van der Waals surface area contributed by atoms with Crippen molar-refractivity contribution < 1.29 is 9.59 Å². The monoisotopic (exact) mass is 369 g/mol. The Morgan fingerprint density at radius 2 is 1.93 bits per heavy atom. The number of aromatic nitrogens is 2. The zero-order chi connectivity index (χ0) is 19.2. The van der Waals surface area contributed by atoms with Crippen LogP contribution in [0.5, 0.6) is 0 Å². The molecule has 1 atom stereocenters.